The van der Waals surface area contributed by atoms with E-state index in [-0.39, 0.29) is 6.61 Å². The smallest absolute Gasteiger partial charge is 0.113 e. The minimum atomic E-state index is 0.0979. The van der Waals surface area contributed by atoms with Crippen molar-refractivity contribution < 1.29 is 9.84 Å². The second-order valence-corrected chi connectivity index (χ2v) is 4.15. The van der Waals surface area contributed by atoms with E-state index < -0.39 is 0 Å². The van der Waals surface area contributed by atoms with E-state index in [1.54, 1.807) is 0 Å². The van der Waals surface area contributed by atoms with Gasteiger partial charge < -0.3 is 9.84 Å². The quantitative estimate of drug-likeness (QED) is 0.840. The van der Waals surface area contributed by atoms with E-state index in [0.717, 1.165) is 29.7 Å². The first-order valence-electron chi connectivity index (χ1n) is 5.90. The van der Waals surface area contributed by atoms with Gasteiger partial charge in [0.1, 0.15) is 6.61 Å². The lowest BCUT2D eigenvalue weighted by Crippen LogP contribution is -2.05. The molecule has 0 unspecified atom stereocenters. The van der Waals surface area contributed by atoms with Gasteiger partial charge in [-0.2, -0.15) is 0 Å². The van der Waals surface area contributed by atoms with Gasteiger partial charge in [0.2, 0.25) is 0 Å². The van der Waals surface area contributed by atoms with E-state index >= 15 is 0 Å². The summed E-state index contributed by atoms with van der Waals surface area (Å²) in [4.78, 5) is 0. The van der Waals surface area contributed by atoms with Gasteiger partial charge in [0.15, 0.2) is 0 Å². The van der Waals surface area contributed by atoms with E-state index in [1.807, 2.05) is 12.1 Å². The molecule has 1 aliphatic heterocycles. The molecule has 1 N–H and O–H groups in total. The summed E-state index contributed by atoms with van der Waals surface area (Å²) in [6.07, 6.45) is 5.41. The first-order valence-corrected chi connectivity index (χ1v) is 5.90. The molecule has 1 aromatic rings. The van der Waals surface area contributed by atoms with Crippen LogP contribution < -0.4 is 0 Å². The van der Waals surface area contributed by atoms with Gasteiger partial charge in [-0.15, -0.1) is 0 Å². The second kappa shape index (κ2) is 5.17. The Kier molecular flexibility index (Phi) is 3.62. The van der Waals surface area contributed by atoms with E-state index in [2.05, 4.69) is 19.1 Å². The molecule has 0 amide bonds. The lowest BCUT2D eigenvalue weighted by molar-refractivity contribution is 0.185. The predicted molar refractivity (Wildman–Crippen MR) is 64.7 cm³/mol. The number of rotatable bonds is 4. The van der Waals surface area contributed by atoms with Gasteiger partial charge >= 0.3 is 0 Å². The zero-order valence-electron chi connectivity index (χ0n) is 9.70. The van der Waals surface area contributed by atoms with Crippen LogP contribution in [0.2, 0.25) is 0 Å². The highest BCUT2D eigenvalue weighted by molar-refractivity contribution is 5.60. The van der Waals surface area contributed by atoms with Crippen molar-refractivity contribution in [2.75, 3.05) is 0 Å². The topological polar surface area (TPSA) is 29.5 Å². The lowest BCUT2D eigenvalue weighted by atomic mass is 9.98. The largest absolute Gasteiger partial charge is 0.493 e. The Bertz CT molecular complexity index is 394. The highest BCUT2D eigenvalue weighted by atomic mass is 16.5. The van der Waals surface area contributed by atoms with Crippen LogP contribution in [0, 0.1) is 0 Å². The number of fused-ring (bicyclic) bond motifs is 1. The van der Waals surface area contributed by atoms with E-state index in [4.69, 9.17) is 4.74 Å². The van der Waals surface area contributed by atoms with Crippen molar-refractivity contribution in [1.82, 2.24) is 0 Å². The maximum Gasteiger partial charge on any atom is 0.113 e. The van der Waals surface area contributed by atoms with Crippen LogP contribution in [0.1, 0.15) is 42.9 Å². The van der Waals surface area contributed by atoms with Gasteiger partial charge in [-0.25, -0.2) is 0 Å². The summed E-state index contributed by atoms with van der Waals surface area (Å²) < 4.78 is 5.69. The molecular formula is C14H18O2. The summed E-state index contributed by atoms with van der Waals surface area (Å²) in [6.45, 7) is 2.91. The second-order valence-electron chi connectivity index (χ2n) is 4.15. The molecule has 0 saturated carbocycles. The molecule has 0 atom stereocenters. The van der Waals surface area contributed by atoms with Gasteiger partial charge in [0, 0.05) is 6.42 Å². The summed E-state index contributed by atoms with van der Waals surface area (Å²) >= 11 is 0. The third kappa shape index (κ3) is 2.27. The zero-order valence-corrected chi connectivity index (χ0v) is 9.70. The SMILES string of the molecule is CCCCC1=Cc2c(CO)cccc2CO1. The van der Waals surface area contributed by atoms with Gasteiger partial charge in [-0.05, 0) is 29.2 Å². The van der Waals surface area contributed by atoms with Crippen LogP contribution in [0.5, 0.6) is 0 Å². The third-order valence-corrected chi connectivity index (χ3v) is 2.95. The maximum atomic E-state index is 9.29. The van der Waals surface area contributed by atoms with E-state index in [9.17, 15) is 5.11 Å². The number of aliphatic hydroxyl groups excluding tert-OH is 1. The van der Waals surface area contributed by atoms with Gasteiger partial charge in [-0.3, -0.25) is 0 Å². The Labute approximate surface area is 96.6 Å². The average Bonchev–Trinajstić information content (AvgIpc) is 2.35. The van der Waals surface area contributed by atoms with Crippen LogP contribution in [0.25, 0.3) is 6.08 Å². The molecule has 16 heavy (non-hydrogen) atoms. The molecule has 0 spiro atoms. The zero-order chi connectivity index (χ0) is 11.4. The number of hydrogen-bond donors (Lipinski definition) is 1. The van der Waals surface area contributed by atoms with Crippen LogP contribution in [0.4, 0.5) is 0 Å². The first-order chi connectivity index (χ1) is 7.85. The molecule has 1 aromatic carbocycles. The van der Waals surface area contributed by atoms with Crippen LogP contribution in [-0.4, -0.2) is 5.11 Å². The molecule has 1 heterocycles. The normalized spacial score (nSPS) is 14.0. The number of benzene rings is 1. The minimum Gasteiger partial charge on any atom is -0.493 e. The summed E-state index contributed by atoms with van der Waals surface area (Å²) in [5, 5.41) is 9.29. The molecule has 0 radical (unpaired) electrons. The van der Waals surface area contributed by atoms with Crippen molar-refractivity contribution in [1.29, 1.82) is 0 Å². The van der Waals surface area contributed by atoms with Gasteiger partial charge in [0.25, 0.3) is 0 Å². The predicted octanol–water partition coefficient (Wildman–Crippen LogP) is 3.24. The van der Waals surface area contributed by atoms with Crippen molar-refractivity contribution in [2.24, 2.45) is 0 Å². The Morgan fingerprint density at radius 2 is 2.25 bits per heavy atom. The molecular weight excluding hydrogens is 200 g/mol. The molecule has 0 fully saturated rings. The number of ether oxygens (including phenoxy) is 1. The summed E-state index contributed by atoms with van der Waals surface area (Å²) in [6, 6.07) is 6.00. The first kappa shape index (κ1) is 11.2. The fourth-order valence-corrected chi connectivity index (χ4v) is 1.98. The van der Waals surface area contributed by atoms with Crippen molar-refractivity contribution in [3.05, 3.63) is 40.6 Å². The molecule has 2 rings (SSSR count). The standard InChI is InChI=1S/C14H18O2/c1-2-3-7-13-8-14-11(9-15)5-4-6-12(14)10-16-13/h4-6,8,15H,2-3,7,9-10H2,1H3. The highest BCUT2D eigenvalue weighted by Gasteiger charge is 2.13. The summed E-state index contributed by atoms with van der Waals surface area (Å²) in [5.74, 6) is 1.05. The van der Waals surface area contributed by atoms with Crippen molar-refractivity contribution in [3.8, 4) is 0 Å². The van der Waals surface area contributed by atoms with Crippen molar-refractivity contribution in [3.63, 3.8) is 0 Å². The molecule has 0 saturated heterocycles. The third-order valence-electron chi connectivity index (χ3n) is 2.95. The fourth-order valence-electron chi connectivity index (χ4n) is 1.98. The number of unbranched alkanes of at least 4 members (excludes halogenated alkanes) is 1. The highest BCUT2D eigenvalue weighted by Crippen LogP contribution is 2.27. The summed E-state index contributed by atoms with van der Waals surface area (Å²) in [7, 11) is 0. The number of aliphatic hydroxyl groups is 1. The van der Waals surface area contributed by atoms with Crippen LogP contribution in [-0.2, 0) is 18.0 Å². The Hall–Kier alpha value is -1.28. The Morgan fingerprint density at radius 3 is 3.00 bits per heavy atom. The Balaban J connectivity index is 2.26. The molecule has 0 aliphatic carbocycles. The molecule has 86 valence electrons. The average molecular weight is 218 g/mol. The molecule has 2 heteroatoms. The lowest BCUT2D eigenvalue weighted by Gasteiger charge is -2.20. The van der Waals surface area contributed by atoms with Crippen LogP contribution >= 0.6 is 0 Å². The Morgan fingerprint density at radius 1 is 1.38 bits per heavy atom. The monoisotopic (exact) mass is 218 g/mol. The fraction of sp³-hybridized carbons (Fsp3) is 0.429. The van der Waals surface area contributed by atoms with E-state index in [0.29, 0.717) is 6.61 Å². The minimum absolute atomic E-state index is 0.0979. The van der Waals surface area contributed by atoms with Crippen molar-refractivity contribution in [2.45, 2.75) is 39.4 Å². The molecule has 2 nitrogen and oxygen atoms in total. The van der Waals surface area contributed by atoms with Gasteiger partial charge in [0.05, 0.1) is 12.4 Å². The maximum absolute atomic E-state index is 9.29. The van der Waals surface area contributed by atoms with Crippen LogP contribution in [0.3, 0.4) is 0 Å². The number of allylic oxidation sites excluding steroid dienone is 1. The molecule has 1 aliphatic rings. The molecule has 0 aromatic heterocycles. The van der Waals surface area contributed by atoms with Gasteiger partial charge in [-0.1, -0.05) is 31.5 Å². The van der Waals surface area contributed by atoms with Crippen LogP contribution in [0.15, 0.2) is 24.0 Å². The van der Waals surface area contributed by atoms with Crippen molar-refractivity contribution >= 4 is 6.08 Å². The summed E-state index contributed by atoms with van der Waals surface area (Å²) in [5.41, 5.74) is 3.32. The van der Waals surface area contributed by atoms with E-state index in [1.165, 1.54) is 12.0 Å². The number of hydrogen-bond acceptors (Lipinski definition) is 2. The molecule has 0 bridgehead atoms.